The molecule has 0 bridgehead atoms. The standard InChI is InChI=1S/C11H17N3OS/c1-2-9-7-12-10(16-9)8-13-11(15)14-5-3-4-6-14/h7H,2-6,8H2,1H3,(H,13,15). The van der Waals surface area contributed by atoms with Gasteiger partial charge in [-0.05, 0) is 19.3 Å². The SMILES string of the molecule is CCc1cnc(CNC(=O)N2CCCC2)s1. The number of hydrogen-bond donors (Lipinski definition) is 1. The molecule has 1 aromatic rings. The molecule has 5 heteroatoms. The van der Waals surface area contributed by atoms with E-state index >= 15 is 0 Å². The van der Waals surface area contributed by atoms with Gasteiger partial charge in [0.1, 0.15) is 5.01 Å². The van der Waals surface area contributed by atoms with Crippen molar-refractivity contribution in [1.82, 2.24) is 15.2 Å². The Kier molecular flexibility index (Phi) is 3.77. The van der Waals surface area contributed by atoms with Crippen molar-refractivity contribution in [3.63, 3.8) is 0 Å². The smallest absolute Gasteiger partial charge is 0.317 e. The molecule has 0 aromatic carbocycles. The predicted octanol–water partition coefficient (Wildman–Crippen LogP) is 2.01. The average Bonchev–Trinajstić information content (AvgIpc) is 2.96. The van der Waals surface area contributed by atoms with E-state index < -0.39 is 0 Å². The molecule has 1 aliphatic rings. The number of carbonyl (C=O) groups is 1. The first-order valence-corrected chi connectivity index (χ1v) is 6.57. The summed E-state index contributed by atoms with van der Waals surface area (Å²) >= 11 is 1.67. The van der Waals surface area contributed by atoms with Crippen LogP contribution in [0.1, 0.15) is 29.7 Å². The Morgan fingerprint density at radius 1 is 1.56 bits per heavy atom. The highest BCUT2D eigenvalue weighted by molar-refractivity contribution is 7.11. The summed E-state index contributed by atoms with van der Waals surface area (Å²) in [7, 11) is 0. The molecule has 0 spiro atoms. The molecular weight excluding hydrogens is 222 g/mol. The summed E-state index contributed by atoms with van der Waals surface area (Å²) in [5.41, 5.74) is 0. The number of carbonyl (C=O) groups excluding carboxylic acids is 1. The minimum Gasteiger partial charge on any atom is -0.331 e. The molecular formula is C11H17N3OS. The Balaban J connectivity index is 1.80. The van der Waals surface area contributed by atoms with Gasteiger partial charge in [0, 0.05) is 24.2 Å². The lowest BCUT2D eigenvalue weighted by Gasteiger charge is -2.15. The molecule has 1 aromatic heterocycles. The van der Waals surface area contributed by atoms with Crippen LogP contribution in [-0.4, -0.2) is 29.0 Å². The third-order valence-corrected chi connectivity index (χ3v) is 3.88. The normalized spacial score (nSPS) is 15.4. The zero-order chi connectivity index (χ0) is 11.4. The van der Waals surface area contributed by atoms with E-state index in [4.69, 9.17) is 0 Å². The minimum absolute atomic E-state index is 0.0470. The maximum absolute atomic E-state index is 11.7. The molecule has 1 aliphatic heterocycles. The van der Waals surface area contributed by atoms with E-state index in [2.05, 4.69) is 17.2 Å². The van der Waals surface area contributed by atoms with E-state index in [0.29, 0.717) is 6.54 Å². The van der Waals surface area contributed by atoms with Gasteiger partial charge in [0.2, 0.25) is 0 Å². The predicted molar refractivity (Wildman–Crippen MR) is 64.5 cm³/mol. The first-order chi connectivity index (χ1) is 7.79. The van der Waals surface area contributed by atoms with E-state index in [1.54, 1.807) is 11.3 Å². The number of aromatic nitrogens is 1. The second-order valence-electron chi connectivity index (χ2n) is 3.93. The lowest BCUT2D eigenvalue weighted by atomic mass is 10.4. The molecule has 0 aliphatic carbocycles. The molecule has 0 atom stereocenters. The molecule has 2 amide bonds. The van der Waals surface area contributed by atoms with Crippen molar-refractivity contribution in [3.8, 4) is 0 Å². The number of nitrogens with one attached hydrogen (secondary N) is 1. The van der Waals surface area contributed by atoms with Crippen LogP contribution in [0.15, 0.2) is 6.20 Å². The number of amides is 2. The first-order valence-electron chi connectivity index (χ1n) is 5.76. The lowest BCUT2D eigenvalue weighted by molar-refractivity contribution is 0.208. The fraction of sp³-hybridized carbons (Fsp3) is 0.636. The number of hydrogen-bond acceptors (Lipinski definition) is 3. The lowest BCUT2D eigenvalue weighted by Crippen LogP contribution is -2.37. The van der Waals surface area contributed by atoms with Crippen LogP contribution in [-0.2, 0) is 13.0 Å². The van der Waals surface area contributed by atoms with Crippen LogP contribution in [0.25, 0.3) is 0 Å². The zero-order valence-electron chi connectivity index (χ0n) is 9.53. The third-order valence-electron chi connectivity index (χ3n) is 2.73. The summed E-state index contributed by atoms with van der Waals surface area (Å²) in [6, 6.07) is 0.0470. The number of urea groups is 1. The molecule has 4 nitrogen and oxygen atoms in total. The Bertz CT molecular complexity index is 358. The van der Waals surface area contributed by atoms with Crippen LogP contribution in [0.4, 0.5) is 4.79 Å². The highest BCUT2D eigenvalue weighted by Crippen LogP contribution is 2.13. The molecule has 2 rings (SSSR count). The third kappa shape index (κ3) is 2.72. The summed E-state index contributed by atoms with van der Waals surface area (Å²) in [6.07, 6.45) is 5.16. The maximum atomic E-state index is 11.7. The van der Waals surface area contributed by atoms with Crippen LogP contribution >= 0.6 is 11.3 Å². The van der Waals surface area contributed by atoms with Gasteiger partial charge in [-0.15, -0.1) is 11.3 Å². The number of aryl methyl sites for hydroxylation is 1. The van der Waals surface area contributed by atoms with Crippen molar-refractivity contribution in [2.24, 2.45) is 0 Å². The first kappa shape index (κ1) is 11.4. The van der Waals surface area contributed by atoms with Gasteiger partial charge in [-0.3, -0.25) is 0 Å². The second kappa shape index (κ2) is 5.30. The molecule has 1 fully saturated rings. The van der Waals surface area contributed by atoms with Crippen molar-refractivity contribution in [1.29, 1.82) is 0 Å². The van der Waals surface area contributed by atoms with Crippen molar-refractivity contribution in [2.75, 3.05) is 13.1 Å². The van der Waals surface area contributed by atoms with Gasteiger partial charge in [0.05, 0.1) is 6.54 Å². The van der Waals surface area contributed by atoms with Crippen molar-refractivity contribution in [2.45, 2.75) is 32.7 Å². The topological polar surface area (TPSA) is 45.2 Å². The van der Waals surface area contributed by atoms with Crippen molar-refractivity contribution >= 4 is 17.4 Å². The van der Waals surface area contributed by atoms with E-state index in [1.165, 1.54) is 4.88 Å². The average molecular weight is 239 g/mol. The summed E-state index contributed by atoms with van der Waals surface area (Å²) < 4.78 is 0. The van der Waals surface area contributed by atoms with Crippen molar-refractivity contribution in [3.05, 3.63) is 16.1 Å². The van der Waals surface area contributed by atoms with E-state index in [1.807, 2.05) is 11.1 Å². The Morgan fingerprint density at radius 3 is 2.94 bits per heavy atom. The van der Waals surface area contributed by atoms with Gasteiger partial charge < -0.3 is 10.2 Å². The molecule has 0 saturated carbocycles. The summed E-state index contributed by atoms with van der Waals surface area (Å²) in [5.74, 6) is 0. The zero-order valence-corrected chi connectivity index (χ0v) is 10.3. The Morgan fingerprint density at radius 2 is 2.31 bits per heavy atom. The van der Waals surface area contributed by atoms with Gasteiger partial charge in [0.15, 0.2) is 0 Å². The highest BCUT2D eigenvalue weighted by atomic mass is 32.1. The van der Waals surface area contributed by atoms with Crippen LogP contribution in [0, 0.1) is 0 Å². The van der Waals surface area contributed by atoms with Crippen LogP contribution < -0.4 is 5.32 Å². The maximum Gasteiger partial charge on any atom is 0.317 e. The van der Waals surface area contributed by atoms with E-state index in [0.717, 1.165) is 37.4 Å². The van der Waals surface area contributed by atoms with E-state index in [-0.39, 0.29) is 6.03 Å². The van der Waals surface area contributed by atoms with Gasteiger partial charge in [-0.25, -0.2) is 9.78 Å². The number of nitrogens with zero attached hydrogens (tertiary/aromatic N) is 2. The van der Waals surface area contributed by atoms with Crippen LogP contribution in [0.3, 0.4) is 0 Å². The van der Waals surface area contributed by atoms with Gasteiger partial charge >= 0.3 is 6.03 Å². The van der Waals surface area contributed by atoms with E-state index in [9.17, 15) is 4.79 Å². The number of thiazole rings is 1. The van der Waals surface area contributed by atoms with Gasteiger partial charge in [0.25, 0.3) is 0 Å². The molecule has 16 heavy (non-hydrogen) atoms. The summed E-state index contributed by atoms with van der Waals surface area (Å²) in [6.45, 7) is 4.45. The summed E-state index contributed by atoms with van der Waals surface area (Å²) in [5, 5.41) is 3.90. The Labute approximate surface area is 99.7 Å². The monoisotopic (exact) mass is 239 g/mol. The second-order valence-corrected chi connectivity index (χ2v) is 5.13. The summed E-state index contributed by atoms with van der Waals surface area (Å²) in [4.78, 5) is 19.1. The fourth-order valence-electron chi connectivity index (χ4n) is 1.78. The largest absolute Gasteiger partial charge is 0.331 e. The molecule has 1 N–H and O–H groups in total. The molecule has 0 unspecified atom stereocenters. The fourth-order valence-corrected chi connectivity index (χ4v) is 2.58. The molecule has 88 valence electrons. The number of rotatable bonds is 3. The molecule has 2 heterocycles. The molecule has 1 saturated heterocycles. The minimum atomic E-state index is 0.0470. The van der Waals surface area contributed by atoms with Gasteiger partial charge in [-0.2, -0.15) is 0 Å². The van der Waals surface area contributed by atoms with Crippen LogP contribution in [0.2, 0.25) is 0 Å². The van der Waals surface area contributed by atoms with Crippen LogP contribution in [0.5, 0.6) is 0 Å². The van der Waals surface area contributed by atoms with Crippen molar-refractivity contribution < 1.29 is 4.79 Å². The quantitative estimate of drug-likeness (QED) is 0.877. The highest BCUT2D eigenvalue weighted by Gasteiger charge is 2.17. The Hall–Kier alpha value is -1.10. The number of likely N-dealkylation sites (tertiary alicyclic amines) is 1. The molecule has 0 radical (unpaired) electrons. The van der Waals surface area contributed by atoms with Gasteiger partial charge in [-0.1, -0.05) is 6.92 Å².